The zero-order valence-corrected chi connectivity index (χ0v) is 16.9. The van der Waals surface area contributed by atoms with Gasteiger partial charge in [-0.05, 0) is 24.6 Å². The largest absolute Gasteiger partial charge is 0.497 e. The highest BCUT2D eigenvalue weighted by atomic mass is 16.5. The van der Waals surface area contributed by atoms with Crippen molar-refractivity contribution in [1.29, 1.82) is 0 Å². The van der Waals surface area contributed by atoms with Crippen LogP contribution in [0.2, 0.25) is 0 Å². The molecular weight excluding hydrogens is 384 g/mol. The van der Waals surface area contributed by atoms with Crippen LogP contribution in [0.3, 0.4) is 0 Å². The number of carbonyl (C=O) groups excluding carboxylic acids is 2. The van der Waals surface area contributed by atoms with Gasteiger partial charge >= 0.3 is 0 Å². The van der Waals surface area contributed by atoms with Gasteiger partial charge in [0.1, 0.15) is 23.4 Å². The number of benzene rings is 2. The fourth-order valence-electron chi connectivity index (χ4n) is 3.62. The summed E-state index contributed by atoms with van der Waals surface area (Å²) in [5.41, 5.74) is 3.09. The Balaban J connectivity index is 1.58. The van der Waals surface area contributed by atoms with Crippen molar-refractivity contribution in [2.45, 2.75) is 19.4 Å². The molecule has 1 aromatic heterocycles. The average Bonchev–Trinajstić information content (AvgIpc) is 3.22. The lowest BCUT2D eigenvalue weighted by Gasteiger charge is -2.13. The van der Waals surface area contributed by atoms with Gasteiger partial charge in [-0.2, -0.15) is 5.10 Å². The van der Waals surface area contributed by atoms with Crippen LogP contribution in [0, 0.1) is 6.92 Å². The molecular formula is C22H22N4O4. The minimum Gasteiger partial charge on any atom is -0.497 e. The number of nitrogens with one attached hydrogen (secondary N) is 2. The number of aryl methyl sites for hydroxylation is 1. The number of ether oxygens (including phenoxy) is 2. The van der Waals surface area contributed by atoms with Gasteiger partial charge in [0.05, 0.1) is 32.0 Å². The van der Waals surface area contributed by atoms with Gasteiger partial charge < -0.3 is 20.1 Å². The Hall–Kier alpha value is -3.81. The normalized spacial score (nSPS) is 14.8. The van der Waals surface area contributed by atoms with Crippen molar-refractivity contribution in [2.24, 2.45) is 0 Å². The first-order valence-electron chi connectivity index (χ1n) is 9.49. The topological polar surface area (TPSA) is 94.5 Å². The van der Waals surface area contributed by atoms with E-state index < -0.39 is 6.04 Å². The lowest BCUT2D eigenvalue weighted by molar-refractivity contribution is -0.123. The Kier molecular flexibility index (Phi) is 5.14. The fraction of sp³-hybridized carbons (Fsp3) is 0.227. The second kappa shape index (κ2) is 7.90. The average molecular weight is 406 g/mol. The molecule has 2 amide bonds. The van der Waals surface area contributed by atoms with E-state index in [9.17, 15) is 9.59 Å². The van der Waals surface area contributed by atoms with E-state index in [0.717, 1.165) is 16.8 Å². The predicted octanol–water partition coefficient (Wildman–Crippen LogP) is 3.40. The molecule has 30 heavy (non-hydrogen) atoms. The van der Waals surface area contributed by atoms with Crippen LogP contribution in [0.5, 0.6) is 11.5 Å². The highest BCUT2D eigenvalue weighted by molar-refractivity contribution is 6.04. The number of nitrogens with zero attached hydrogens (tertiary/aromatic N) is 2. The standard InChI is InChI=1S/C22H22N4O4/c1-13-20(14-7-5-4-6-8-14)21-24-22(28)17(26(21)25-13)12-19(27)23-16-11-15(29-2)9-10-18(16)30-3/h4-11,17H,12H2,1-3H3,(H,23,27)(H,24,28). The van der Waals surface area contributed by atoms with E-state index in [1.54, 1.807) is 30.0 Å². The number of anilines is 2. The smallest absolute Gasteiger partial charge is 0.251 e. The number of methoxy groups -OCH3 is 2. The van der Waals surface area contributed by atoms with Crippen molar-refractivity contribution in [3.05, 3.63) is 54.2 Å². The Morgan fingerprint density at radius 2 is 1.93 bits per heavy atom. The monoisotopic (exact) mass is 406 g/mol. The highest BCUT2D eigenvalue weighted by Crippen LogP contribution is 2.38. The number of amides is 2. The summed E-state index contributed by atoms with van der Waals surface area (Å²) in [5, 5.41) is 10.2. The molecule has 2 aromatic carbocycles. The SMILES string of the molecule is COc1ccc(OC)c(NC(=O)CC2C(=O)Nc3c(-c4ccccc4)c(C)nn32)c1. The van der Waals surface area contributed by atoms with Crippen molar-refractivity contribution in [1.82, 2.24) is 9.78 Å². The van der Waals surface area contributed by atoms with Crippen LogP contribution in [0.25, 0.3) is 11.1 Å². The molecule has 0 fully saturated rings. The molecule has 0 spiro atoms. The van der Waals surface area contributed by atoms with E-state index in [2.05, 4.69) is 15.7 Å². The number of rotatable bonds is 6. The van der Waals surface area contributed by atoms with E-state index in [1.165, 1.54) is 7.11 Å². The molecule has 1 aliphatic rings. The number of fused-ring (bicyclic) bond motifs is 1. The van der Waals surface area contributed by atoms with E-state index >= 15 is 0 Å². The van der Waals surface area contributed by atoms with Crippen LogP contribution in [0.15, 0.2) is 48.5 Å². The molecule has 0 aliphatic carbocycles. The minimum atomic E-state index is -0.729. The molecule has 154 valence electrons. The summed E-state index contributed by atoms with van der Waals surface area (Å²) in [7, 11) is 3.06. The van der Waals surface area contributed by atoms with Gasteiger partial charge in [0, 0.05) is 11.6 Å². The van der Waals surface area contributed by atoms with Crippen LogP contribution in [-0.4, -0.2) is 35.8 Å². The maximum Gasteiger partial charge on any atom is 0.251 e. The second-order valence-electron chi connectivity index (χ2n) is 6.94. The highest BCUT2D eigenvalue weighted by Gasteiger charge is 2.36. The van der Waals surface area contributed by atoms with E-state index in [4.69, 9.17) is 9.47 Å². The maximum atomic E-state index is 12.7. The quantitative estimate of drug-likeness (QED) is 0.654. The van der Waals surface area contributed by atoms with Gasteiger partial charge in [-0.15, -0.1) is 0 Å². The van der Waals surface area contributed by atoms with Gasteiger partial charge in [-0.3, -0.25) is 9.59 Å². The first kappa shape index (κ1) is 19.5. The first-order valence-corrected chi connectivity index (χ1v) is 9.49. The molecule has 8 nitrogen and oxygen atoms in total. The van der Waals surface area contributed by atoms with Gasteiger partial charge in [0.2, 0.25) is 5.91 Å². The molecule has 1 atom stereocenters. The zero-order chi connectivity index (χ0) is 21.3. The first-order chi connectivity index (χ1) is 14.5. The third-order valence-electron chi connectivity index (χ3n) is 5.05. The summed E-state index contributed by atoms with van der Waals surface area (Å²) in [4.78, 5) is 25.3. The molecule has 2 N–H and O–H groups in total. The lowest BCUT2D eigenvalue weighted by Crippen LogP contribution is -2.24. The van der Waals surface area contributed by atoms with Crippen molar-refractivity contribution in [3.63, 3.8) is 0 Å². The van der Waals surface area contributed by atoms with Crippen LogP contribution in [0.1, 0.15) is 18.2 Å². The molecule has 8 heteroatoms. The van der Waals surface area contributed by atoms with Gasteiger partial charge in [-0.1, -0.05) is 30.3 Å². The summed E-state index contributed by atoms with van der Waals surface area (Å²) in [6.45, 7) is 1.89. The van der Waals surface area contributed by atoms with E-state index in [-0.39, 0.29) is 18.2 Å². The van der Waals surface area contributed by atoms with Crippen molar-refractivity contribution >= 4 is 23.3 Å². The van der Waals surface area contributed by atoms with Gasteiger partial charge in [0.25, 0.3) is 5.91 Å². The van der Waals surface area contributed by atoms with Crippen LogP contribution >= 0.6 is 0 Å². The molecule has 1 unspecified atom stereocenters. The number of hydrogen-bond donors (Lipinski definition) is 2. The van der Waals surface area contributed by atoms with Crippen LogP contribution in [0.4, 0.5) is 11.5 Å². The maximum absolute atomic E-state index is 12.7. The van der Waals surface area contributed by atoms with Crippen molar-refractivity contribution in [2.75, 3.05) is 24.9 Å². The predicted molar refractivity (Wildman–Crippen MR) is 113 cm³/mol. The number of carbonyl (C=O) groups is 2. The molecule has 0 radical (unpaired) electrons. The second-order valence-corrected chi connectivity index (χ2v) is 6.94. The van der Waals surface area contributed by atoms with Crippen LogP contribution in [-0.2, 0) is 9.59 Å². The van der Waals surface area contributed by atoms with Gasteiger partial charge in [-0.25, -0.2) is 4.68 Å². The minimum absolute atomic E-state index is 0.0610. The van der Waals surface area contributed by atoms with Crippen molar-refractivity contribution in [3.8, 4) is 22.6 Å². The molecule has 1 aliphatic heterocycles. The van der Waals surface area contributed by atoms with Crippen molar-refractivity contribution < 1.29 is 19.1 Å². The van der Waals surface area contributed by atoms with Crippen LogP contribution < -0.4 is 20.1 Å². The third kappa shape index (κ3) is 3.47. The molecule has 2 heterocycles. The molecule has 0 saturated carbocycles. The Morgan fingerprint density at radius 1 is 1.17 bits per heavy atom. The Bertz CT molecular complexity index is 1110. The number of hydrogen-bond acceptors (Lipinski definition) is 5. The summed E-state index contributed by atoms with van der Waals surface area (Å²) in [5.74, 6) is 1.11. The molecule has 0 saturated heterocycles. The molecule has 4 rings (SSSR count). The molecule has 0 bridgehead atoms. The Morgan fingerprint density at radius 3 is 2.63 bits per heavy atom. The molecule has 3 aromatic rings. The lowest BCUT2D eigenvalue weighted by atomic mass is 10.1. The summed E-state index contributed by atoms with van der Waals surface area (Å²) >= 11 is 0. The fourth-order valence-corrected chi connectivity index (χ4v) is 3.62. The summed E-state index contributed by atoms with van der Waals surface area (Å²) < 4.78 is 12.1. The summed E-state index contributed by atoms with van der Waals surface area (Å²) in [6.07, 6.45) is -0.0610. The number of aromatic nitrogens is 2. The summed E-state index contributed by atoms with van der Waals surface area (Å²) in [6, 6.07) is 14.1. The van der Waals surface area contributed by atoms with E-state index in [1.807, 2.05) is 37.3 Å². The van der Waals surface area contributed by atoms with E-state index in [0.29, 0.717) is 23.0 Å². The third-order valence-corrected chi connectivity index (χ3v) is 5.05. The Labute approximate surface area is 173 Å². The van der Waals surface area contributed by atoms with Gasteiger partial charge in [0.15, 0.2) is 0 Å². The zero-order valence-electron chi connectivity index (χ0n) is 16.9.